The molecule has 7 aromatic carbocycles. The number of fused-ring (bicyclic) bond motifs is 9. The van der Waals surface area contributed by atoms with Crippen molar-refractivity contribution in [2.24, 2.45) is 0 Å². The van der Waals surface area contributed by atoms with Gasteiger partial charge in [-0.2, -0.15) is 0 Å². The van der Waals surface area contributed by atoms with Gasteiger partial charge >= 0.3 is 0 Å². The molecule has 10 aromatic rings. The van der Waals surface area contributed by atoms with Crippen LogP contribution in [0.25, 0.3) is 93.8 Å². The van der Waals surface area contributed by atoms with E-state index in [1.807, 2.05) is 24.3 Å². The highest BCUT2D eigenvalue weighted by atomic mass is 16.3. The van der Waals surface area contributed by atoms with Crippen LogP contribution in [0, 0.1) is 0 Å². The Morgan fingerprint density at radius 2 is 1.21 bits per heavy atom. The summed E-state index contributed by atoms with van der Waals surface area (Å²) in [4.78, 5) is 11.1. The molecule has 0 aliphatic heterocycles. The van der Waals surface area contributed by atoms with Crippen molar-refractivity contribution in [1.29, 1.82) is 0 Å². The van der Waals surface area contributed by atoms with E-state index < -0.39 is 0 Å². The minimum absolute atomic E-state index is 0.114. The largest absolute Gasteiger partial charge is 0.507 e. The Bertz CT molecular complexity index is 3070. The van der Waals surface area contributed by atoms with Gasteiger partial charge in [-0.25, -0.2) is 9.97 Å². The van der Waals surface area contributed by atoms with Gasteiger partial charge in [0.25, 0.3) is 0 Å². The molecule has 0 spiro atoms. The first-order valence-corrected chi connectivity index (χ1v) is 18.4. The van der Waals surface area contributed by atoms with Gasteiger partial charge in [0.15, 0.2) is 0 Å². The molecule has 256 valence electrons. The lowest BCUT2D eigenvalue weighted by atomic mass is 9.92. The van der Waals surface area contributed by atoms with Crippen LogP contribution in [0.2, 0.25) is 0 Å². The van der Waals surface area contributed by atoms with Crippen molar-refractivity contribution >= 4 is 65.4 Å². The molecule has 0 bridgehead atoms. The second-order valence-corrected chi connectivity index (χ2v) is 14.7. The summed E-state index contributed by atoms with van der Waals surface area (Å²) in [5, 5.41) is 19.4. The van der Waals surface area contributed by atoms with Gasteiger partial charge in [-0.1, -0.05) is 137 Å². The highest BCUT2D eigenvalue weighted by molar-refractivity contribution is 6.19. The van der Waals surface area contributed by atoms with Crippen molar-refractivity contribution in [2.75, 3.05) is 0 Å². The van der Waals surface area contributed by atoms with Crippen molar-refractivity contribution < 1.29 is 9.52 Å². The summed E-state index contributed by atoms with van der Waals surface area (Å²) in [7, 11) is 0. The van der Waals surface area contributed by atoms with Crippen LogP contribution in [-0.2, 0) is 0 Å². The molecule has 3 heterocycles. The number of phenolic OH excluding ortho intramolecular Hbond substituents is 1. The van der Waals surface area contributed by atoms with Crippen LogP contribution in [0.4, 0.5) is 0 Å². The molecule has 5 nitrogen and oxygen atoms in total. The van der Waals surface area contributed by atoms with Crippen LogP contribution < -0.4 is 0 Å². The van der Waals surface area contributed by atoms with E-state index in [9.17, 15) is 5.11 Å². The zero-order valence-electron chi connectivity index (χ0n) is 30.1. The van der Waals surface area contributed by atoms with Gasteiger partial charge < -0.3 is 9.52 Å². The van der Waals surface area contributed by atoms with Crippen molar-refractivity contribution in [3.8, 4) is 34.1 Å². The molecule has 0 saturated carbocycles. The van der Waals surface area contributed by atoms with Gasteiger partial charge in [0, 0.05) is 38.6 Å². The van der Waals surface area contributed by atoms with E-state index in [2.05, 4.69) is 135 Å². The molecule has 10 rings (SSSR count). The molecule has 53 heavy (non-hydrogen) atoms. The third-order valence-corrected chi connectivity index (χ3v) is 10.8. The molecule has 0 saturated heterocycles. The van der Waals surface area contributed by atoms with Crippen LogP contribution in [0.5, 0.6) is 5.75 Å². The van der Waals surface area contributed by atoms with Crippen LogP contribution >= 0.6 is 0 Å². The van der Waals surface area contributed by atoms with Crippen molar-refractivity contribution in [3.63, 3.8) is 0 Å². The maximum atomic E-state index is 11.9. The summed E-state index contributed by atoms with van der Waals surface area (Å²) in [6, 6.07) is 46.2. The molecule has 5 heteroatoms. The first kappa shape index (κ1) is 31.3. The number of benzene rings is 7. The summed E-state index contributed by atoms with van der Waals surface area (Å²) >= 11 is 0. The maximum absolute atomic E-state index is 11.9. The number of nitrogens with zero attached hydrogens (tertiary/aromatic N) is 3. The van der Waals surface area contributed by atoms with Gasteiger partial charge in [0.2, 0.25) is 0 Å². The molecule has 0 unspecified atom stereocenters. The number of para-hydroxylation sites is 3. The lowest BCUT2D eigenvalue weighted by Gasteiger charge is -2.22. The van der Waals surface area contributed by atoms with E-state index in [0.29, 0.717) is 17.0 Å². The van der Waals surface area contributed by atoms with E-state index in [1.165, 1.54) is 11.1 Å². The lowest BCUT2D eigenvalue weighted by molar-refractivity contribution is 0.476. The first-order valence-electron chi connectivity index (χ1n) is 18.4. The van der Waals surface area contributed by atoms with Crippen LogP contribution in [0.3, 0.4) is 0 Å². The molecule has 0 fully saturated rings. The summed E-state index contributed by atoms with van der Waals surface area (Å²) in [5.74, 6) is 1.27. The molecule has 0 amide bonds. The van der Waals surface area contributed by atoms with Gasteiger partial charge in [-0.15, -0.1) is 0 Å². The monoisotopic (exact) mass is 687 g/mol. The van der Waals surface area contributed by atoms with Crippen molar-refractivity contribution in [2.45, 2.75) is 39.5 Å². The predicted octanol–water partition coefficient (Wildman–Crippen LogP) is 13.1. The first-order chi connectivity index (χ1) is 25.9. The smallest absolute Gasteiger partial charge is 0.149 e. The Morgan fingerprint density at radius 3 is 1.98 bits per heavy atom. The molecule has 3 aromatic heterocycles. The zero-order chi connectivity index (χ0) is 36.0. The van der Waals surface area contributed by atoms with E-state index >= 15 is 0 Å². The zero-order valence-corrected chi connectivity index (χ0v) is 30.1. The molecule has 1 N–H and O–H groups in total. The summed E-state index contributed by atoms with van der Waals surface area (Å²) in [6.45, 7) is 8.96. The number of phenols is 1. The van der Waals surface area contributed by atoms with Crippen LogP contribution in [0.1, 0.15) is 50.7 Å². The van der Waals surface area contributed by atoms with Gasteiger partial charge in [0.1, 0.15) is 22.7 Å². The molecule has 0 aliphatic carbocycles. The number of rotatable bonds is 5. The number of aromatic hydroxyl groups is 1. The molecule has 0 atom stereocenters. The standard InChI is InChI=1S/C48H37N3O2/c1-27(2)30-18-11-19-31(28(3)4)47(30)51-40-21-12-20-37(45-35-17-8-7-15-33(35)36-24-23-29-13-5-6-14-32(29)44(36)49-45)46(40)50-48(51)39-25-38-34-16-9-10-22-42(34)53-43(38)26-41(39)52/h5-28,52H,1-4H3. The number of imidazole rings is 1. The average molecular weight is 688 g/mol. The number of hydrogen-bond donors (Lipinski definition) is 1. The molecular weight excluding hydrogens is 651 g/mol. The van der Waals surface area contributed by atoms with E-state index in [1.54, 1.807) is 6.07 Å². The SMILES string of the molecule is CC(C)c1cccc(C(C)C)c1-n1c(-c2cc3c(cc2O)oc2ccccc23)nc2c(-c3nc4c5ccccc5ccc4c4ccccc34)cccc21. The third kappa shape index (κ3) is 4.70. The topological polar surface area (TPSA) is 64.1 Å². The van der Waals surface area contributed by atoms with Crippen LogP contribution in [-0.4, -0.2) is 19.6 Å². The average Bonchev–Trinajstić information content (AvgIpc) is 3.74. The van der Waals surface area contributed by atoms with Gasteiger partial charge in [0.05, 0.1) is 33.5 Å². The molecule has 0 radical (unpaired) electrons. The fraction of sp³-hybridized carbons (Fsp3) is 0.125. The van der Waals surface area contributed by atoms with E-state index in [4.69, 9.17) is 14.4 Å². The number of pyridine rings is 1. The third-order valence-electron chi connectivity index (χ3n) is 10.8. The Kier molecular flexibility index (Phi) is 6.96. The Balaban J connectivity index is 1.36. The maximum Gasteiger partial charge on any atom is 0.149 e. The minimum Gasteiger partial charge on any atom is -0.507 e. The van der Waals surface area contributed by atoms with Crippen molar-refractivity contribution in [1.82, 2.24) is 14.5 Å². The Labute approximate surface area is 306 Å². The Morgan fingerprint density at radius 1 is 0.528 bits per heavy atom. The summed E-state index contributed by atoms with van der Waals surface area (Å²) < 4.78 is 8.47. The molecular formula is C48H37N3O2. The van der Waals surface area contributed by atoms with Crippen LogP contribution in [0.15, 0.2) is 138 Å². The number of hydrogen-bond acceptors (Lipinski definition) is 4. The van der Waals surface area contributed by atoms with E-state index in [0.717, 1.165) is 76.8 Å². The number of aromatic nitrogens is 3. The second kappa shape index (κ2) is 11.8. The van der Waals surface area contributed by atoms with E-state index in [-0.39, 0.29) is 17.6 Å². The normalized spacial score (nSPS) is 12.2. The number of furan rings is 1. The summed E-state index contributed by atoms with van der Waals surface area (Å²) in [5.41, 5.74) is 10.2. The quantitative estimate of drug-likeness (QED) is 0.183. The fourth-order valence-electron chi connectivity index (χ4n) is 8.30. The Hall–Kier alpha value is -6.46. The molecule has 0 aliphatic rings. The predicted molar refractivity (Wildman–Crippen MR) is 219 cm³/mol. The van der Waals surface area contributed by atoms with Crippen molar-refractivity contribution in [3.05, 3.63) is 145 Å². The highest BCUT2D eigenvalue weighted by Gasteiger charge is 2.26. The fourth-order valence-corrected chi connectivity index (χ4v) is 8.30. The lowest BCUT2D eigenvalue weighted by Crippen LogP contribution is -2.08. The summed E-state index contributed by atoms with van der Waals surface area (Å²) in [6.07, 6.45) is 0. The highest BCUT2D eigenvalue weighted by Crippen LogP contribution is 2.45. The second-order valence-electron chi connectivity index (χ2n) is 14.7. The minimum atomic E-state index is 0.114. The van der Waals surface area contributed by atoms with Gasteiger partial charge in [-0.05, 0) is 51.9 Å². The van der Waals surface area contributed by atoms with Gasteiger partial charge in [-0.3, -0.25) is 4.57 Å².